The molecule has 0 atom stereocenters. The molecular weight excluding hydrogens is 383 g/mol. The molecule has 1 amide bonds. The lowest BCUT2D eigenvalue weighted by molar-refractivity contribution is -0.119. The van der Waals surface area contributed by atoms with Gasteiger partial charge in [-0.05, 0) is 31.5 Å². The lowest BCUT2D eigenvalue weighted by atomic mass is 10.1. The van der Waals surface area contributed by atoms with Gasteiger partial charge in [0.2, 0.25) is 11.1 Å². The number of benzene rings is 1. The number of thioether (sulfide) groups is 1. The summed E-state index contributed by atoms with van der Waals surface area (Å²) < 4.78 is 20.2. The first-order chi connectivity index (χ1) is 13.6. The summed E-state index contributed by atoms with van der Waals surface area (Å²) in [6.07, 6.45) is 1.93. The molecule has 28 heavy (non-hydrogen) atoms. The van der Waals surface area contributed by atoms with E-state index in [1.54, 1.807) is 12.1 Å². The quantitative estimate of drug-likeness (QED) is 0.503. The Morgan fingerprint density at radius 1 is 1.36 bits per heavy atom. The molecule has 1 aliphatic heterocycles. The van der Waals surface area contributed by atoms with E-state index in [4.69, 9.17) is 10.6 Å². The molecule has 1 fully saturated rings. The Balaban J connectivity index is 1.45. The van der Waals surface area contributed by atoms with E-state index >= 15 is 0 Å². The maximum absolute atomic E-state index is 13.6. The molecule has 0 bridgehead atoms. The van der Waals surface area contributed by atoms with E-state index in [1.807, 2.05) is 0 Å². The molecule has 152 valence electrons. The molecule has 2 aromatic rings. The Morgan fingerprint density at radius 3 is 2.82 bits per heavy atom. The predicted molar refractivity (Wildman–Crippen MR) is 105 cm³/mol. The first-order valence-corrected chi connectivity index (χ1v) is 10.3. The van der Waals surface area contributed by atoms with Gasteiger partial charge >= 0.3 is 0 Å². The molecule has 0 spiro atoms. The van der Waals surface area contributed by atoms with Crippen molar-refractivity contribution in [2.75, 3.05) is 31.2 Å². The molecule has 2 heterocycles. The third-order valence-corrected chi connectivity index (χ3v) is 5.60. The van der Waals surface area contributed by atoms with Gasteiger partial charge in [-0.15, -0.1) is 10.2 Å². The zero-order valence-electron chi connectivity index (χ0n) is 15.8. The van der Waals surface area contributed by atoms with Crippen LogP contribution in [-0.4, -0.2) is 57.1 Å². The molecule has 1 aromatic heterocycles. The van der Waals surface area contributed by atoms with Gasteiger partial charge in [0.1, 0.15) is 6.61 Å². The van der Waals surface area contributed by atoms with Gasteiger partial charge in [0.05, 0.1) is 5.75 Å². The first kappa shape index (κ1) is 20.4. The van der Waals surface area contributed by atoms with Crippen molar-refractivity contribution < 1.29 is 13.9 Å². The minimum atomic E-state index is -0.457. The normalized spacial score (nSPS) is 15.5. The van der Waals surface area contributed by atoms with Crippen LogP contribution >= 0.6 is 11.8 Å². The Bertz CT molecular complexity index is 794. The van der Waals surface area contributed by atoms with Crippen molar-refractivity contribution in [3.05, 3.63) is 35.9 Å². The number of nitrogens with one attached hydrogen (secondary N) is 1. The summed E-state index contributed by atoms with van der Waals surface area (Å²) in [6.45, 7) is 5.20. The average Bonchev–Trinajstić information content (AvgIpc) is 3.06. The number of aromatic nitrogens is 3. The minimum Gasteiger partial charge on any atom is -0.482 e. The highest BCUT2D eigenvalue weighted by molar-refractivity contribution is 7.99. The maximum atomic E-state index is 13.6. The van der Waals surface area contributed by atoms with E-state index in [9.17, 15) is 9.18 Å². The second-order valence-corrected chi connectivity index (χ2v) is 7.50. The molecule has 0 saturated carbocycles. The number of rotatable bonds is 8. The van der Waals surface area contributed by atoms with Gasteiger partial charge in [-0.3, -0.25) is 4.79 Å². The van der Waals surface area contributed by atoms with Crippen LogP contribution in [0.5, 0.6) is 5.75 Å². The summed E-state index contributed by atoms with van der Waals surface area (Å²) in [7, 11) is 0. The standard InChI is InChI=1S/C18H25FN6O2S/c1-2-24-9-7-13(8-10-24)21-17(26)12-28-18-23-22-16(25(18)20)11-27-15-6-4-3-5-14(15)19/h3-6,13H,2,7-12,20H2,1H3,(H,21,26). The van der Waals surface area contributed by atoms with Gasteiger partial charge in [-0.2, -0.15) is 0 Å². The molecule has 10 heteroatoms. The topological polar surface area (TPSA) is 98.3 Å². The SMILES string of the molecule is CCN1CCC(NC(=O)CSc2nnc(COc3ccccc3F)n2N)CC1. The molecule has 1 saturated heterocycles. The number of nitrogen functional groups attached to an aromatic ring is 1. The number of nitrogens with zero attached hydrogens (tertiary/aromatic N) is 4. The van der Waals surface area contributed by atoms with Crippen LogP contribution in [0.4, 0.5) is 4.39 Å². The number of amides is 1. The number of piperidine rings is 1. The van der Waals surface area contributed by atoms with E-state index < -0.39 is 5.82 Å². The van der Waals surface area contributed by atoms with Crippen LogP contribution in [0.25, 0.3) is 0 Å². The number of hydrogen-bond donors (Lipinski definition) is 2. The Hall–Kier alpha value is -2.33. The van der Waals surface area contributed by atoms with E-state index in [0.29, 0.717) is 11.0 Å². The van der Waals surface area contributed by atoms with Crippen molar-refractivity contribution in [2.24, 2.45) is 0 Å². The van der Waals surface area contributed by atoms with Crippen LogP contribution in [0.15, 0.2) is 29.4 Å². The van der Waals surface area contributed by atoms with Gasteiger partial charge in [0.25, 0.3) is 0 Å². The zero-order valence-corrected chi connectivity index (χ0v) is 16.6. The number of likely N-dealkylation sites (tertiary alicyclic amines) is 1. The van der Waals surface area contributed by atoms with Gasteiger partial charge in [0, 0.05) is 19.1 Å². The lowest BCUT2D eigenvalue weighted by Crippen LogP contribution is -2.45. The van der Waals surface area contributed by atoms with E-state index in [-0.39, 0.29) is 30.1 Å². The molecule has 8 nitrogen and oxygen atoms in total. The highest BCUT2D eigenvalue weighted by Gasteiger charge is 2.20. The van der Waals surface area contributed by atoms with Crippen molar-refractivity contribution in [3.63, 3.8) is 0 Å². The molecule has 0 radical (unpaired) electrons. The number of ether oxygens (including phenoxy) is 1. The molecule has 1 aromatic carbocycles. The number of carbonyl (C=O) groups excluding carboxylic acids is 1. The van der Waals surface area contributed by atoms with Crippen molar-refractivity contribution in [2.45, 2.75) is 37.6 Å². The lowest BCUT2D eigenvalue weighted by Gasteiger charge is -2.31. The largest absolute Gasteiger partial charge is 0.482 e. The third-order valence-electron chi connectivity index (χ3n) is 4.66. The van der Waals surface area contributed by atoms with Crippen LogP contribution in [0, 0.1) is 5.82 Å². The van der Waals surface area contributed by atoms with Crippen molar-refractivity contribution in [1.29, 1.82) is 0 Å². The summed E-state index contributed by atoms with van der Waals surface area (Å²) in [5.41, 5.74) is 0. The molecule has 3 rings (SSSR count). The third kappa shape index (κ3) is 5.35. The monoisotopic (exact) mass is 408 g/mol. The average molecular weight is 409 g/mol. The Kier molecular flexibility index (Phi) is 7.10. The summed E-state index contributed by atoms with van der Waals surface area (Å²) in [4.78, 5) is 14.6. The fraction of sp³-hybridized carbons (Fsp3) is 0.500. The zero-order chi connectivity index (χ0) is 19.9. The Labute approximate surface area is 167 Å². The number of halogens is 1. The molecule has 0 unspecified atom stereocenters. The second-order valence-electron chi connectivity index (χ2n) is 6.55. The highest BCUT2D eigenvalue weighted by Crippen LogP contribution is 2.19. The smallest absolute Gasteiger partial charge is 0.230 e. The molecule has 3 N–H and O–H groups in total. The van der Waals surface area contributed by atoms with Crippen molar-refractivity contribution in [1.82, 2.24) is 25.1 Å². The van der Waals surface area contributed by atoms with Crippen molar-refractivity contribution in [3.8, 4) is 5.75 Å². The Morgan fingerprint density at radius 2 is 2.11 bits per heavy atom. The highest BCUT2D eigenvalue weighted by atomic mass is 32.2. The van der Waals surface area contributed by atoms with E-state index in [1.165, 1.54) is 28.6 Å². The summed E-state index contributed by atoms with van der Waals surface area (Å²) in [6, 6.07) is 6.32. The fourth-order valence-electron chi connectivity index (χ4n) is 3.00. The summed E-state index contributed by atoms with van der Waals surface area (Å²) in [5.74, 6) is 6.13. The summed E-state index contributed by atoms with van der Waals surface area (Å²) in [5, 5.41) is 11.4. The number of hydrogen-bond acceptors (Lipinski definition) is 7. The van der Waals surface area contributed by atoms with E-state index in [2.05, 4.69) is 27.3 Å². The molecule has 1 aliphatic rings. The minimum absolute atomic E-state index is 0.0206. The van der Waals surface area contributed by atoms with Gasteiger partial charge in [-0.1, -0.05) is 30.8 Å². The summed E-state index contributed by atoms with van der Waals surface area (Å²) >= 11 is 1.21. The van der Waals surface area contributed by atoms with Crippen LogP contribution in [0.2, 0.25) is 0 Å². The maximum Gasteiger partial charge on any atom is 0.230 e. The van der Waals surface area contributed by atoms with Gasteiger partial charge in [-0.25, -0.2) is 9.07 Å². The van der Waals surface area contributed by atoms with Crippen LogP contribution in [0.3, 0.4) is 0 Å². The number of para-hydroxylation sites is 1. The molecule has 0 aliphatic carbocycles. The fourth-order valence-corrected chi connectivity index (χ4v) is 3.69. The van der Waals surface area contributed by atoms with Crippen LogP contribution in [0.1, 0.15) is 25.6 Å². The second kappa shape index (κ2) is 9.74. The number of nitrogens with two attached hydrogens (primary N) is 1. The first-order valence-electron chi connectivity index (χ1n) is 9.28. The van der Waals surface area contributed by atoms with Gasteiger partial charge in [0.15, 0.2) is 17.4 Å². The molecular formula is C18H25FN6O2S. The number of carbonyl (C=O) groups is 1. The van der Waals surface area contributed by atoms with Gasteiger partial charge < -0.3 is 20.8 Å². The van der Waals surface area contributed by atoms with E-state index in [0.717, 1.165) is 32.5 Å². The van der Waals surface area contributed by atoms with Crippen LogP contribution in [-0.2, 0) is 11.4 Å². The predicted octanol–water partition coefficient (Wildman–Crippen LogP) is 1.40. The van der Waals surface area contributed by atoms with Crippen molar-refractivity contribution >= 4 is 17.7 Å². The van der Waals surface area contributed by atoms with Crippen LogP contribution < -0.4 is 15.9 Å².